The van der Waals surface area contributed by atoms with Gasteiger partial charge < -0.3 is 0 Å². The Morgan fingerprint density at radius 3 is 2.73 bits per heavy atom. The number of thioether (sulfide) groups is 1. The van der Waals surface area contributed by atoms with Gasteiger partial charge in [-0.1, -0.05) is 25.2 Å². The normalized spacial score (nSPS) is 11.5. The maximum absolute atomic E-state index is 12.6. The molecule has 0 bridgehead atoms. The van der Waals surface area contributed by atoms with Gasteiger partial charge in [-0.05, 0) is 24.8 Å². The number of carbonyl (C=O) groups is 1. The van der Waals surface area contributed by atoms with Crippen LogP contribution < -0.4 is 4.90 Å². The molecule has 0 saturated heterocycles. The van der Waals surface area contributed by atoms with Crippen molar-refractivity contribution in [3.63, 3.8) is 0 Å². The number of anilines is 1. The lowest BCUT2D eigenvalue weighted by atomic mass is 9.95. The van der Waals surface area contributed by atoms with E-state index in [4.69, 9.17) is 0 Å². The fraction of sp³-hybridized carbons (Fsp3) is 0.467. The molecule has 1 amide bonds. The molecule has 0 saturated carbocycles. The van der Waals surface area contributed by atoms with Crippen molar-refractivity contribution in [3.05, 3.63) is 24.0 Å². The molecule has 0 aliphatic rings. The lowest BCUT2D eigenvalue weighted by molar-refractivity contribution is -0.125. The van der Waals surface area contributed by atoms with E-state index >= 15 is 0 Å². The Balaban J connectivity index is 2.22. The maximum atomic E-state index is 12.6. The molecule has 118 valence electrons. The van der Waals surface area contributed by atoms with Gasteiger partial charge >= 0.3 is 0 Å². The molecule has 0 atom stereocenters. The molecule has 22 heavy (non-hydrogen) atoms. The first kappa shape index (κ1) is 16.9. The Labute approximate surface area is 139 Å². The molecule has 0 radical (unpaired) electrons. The standard InChI is InChI=1S/C15H20N4OS2/c1-10-6-11(8-16-7-10)12-17-18-14(22-12)19(4)13(20)15(2,3)9-21-5/h6-8H,9H2,1-5H3. The number of hydrogen-bond acceptors (Lipinski definition) is 6. The number of amides is 1. The van der Waals surface area contributed by atoms with Crippen LogP contribution in [0.1, 0.15) is 19.4 Å². The summed E-state index contributed by atoms with van der Waals surface area (Å²) in [5, 5.41) is 9.72. The highest BCUT2D eigenvalue weighted by atomic mass is 32.2. The molecule has 0 aliphatic heterocycles. The van der Waals surface area contributed by atoms with E-state index in [1.165, 1.54) is 11.3 Å². The third kappa shape index (κ3) is 3.64. The first-order valence-corrected chi connectivity index (χ1v) is 9.09. The first-order valence-electron chi connectivity index (χ1n) is 6.88. The Morgan fingerprint density at radius 2 is 2.09 bits per heavy atom. The summed E-state index contributed by atoms with van der Waals surface area (Å²) < 4.78 is 0. The SMILES string of the molecule is CSCC(C)(C)C(=O)N(C)c1nnc(-c2cncc(C)c2)s1. The molecule has 0 spiro atoms. The second-order valence-corrected chi connectivity index (χ2v) is 7.64. The molecule has 2 heterocycles. The van der Waals surface area contributed by atoms with Crippen molar-refractivity contribution < 1.29 is 4.79 Å². The molecule has 2 aromatic heterocycles. The summed E-state index contributed by atoms with van der Waals surface area (Å²) in [4.78, 5) is 18.4. The zero-order chi connectivity index (χ0) is 16.3. The lowest BCUT2D eigenvalue weighted by Crippen LogP contribution is -2.40. The van der Waals surface area contributed by atoms with Gasteiger partial charge in [-0.2, -0.15) is 11.8 Å². The number of carbonyl (C=O) groups excluding carboxylic acids is 1. The number of hydrogen-bond donors (Lipinski definition) is 0. The van der Waals surface area contributed by atoms with Gasteiger partial charge in [-0.15, -0.1) is 10.2 Å². The summed E-state index contributed by atoms with van der Waals surface area (Å²) in [6, 6.07) is 2.01. The Hall–Kier alpha value is -1.47. The van der Waals surface area contributed by atoms with Crippen LogP contribution in [0.15, 0.2) is 18.5 Å². The van der Waals surface area contributed by atoms with Gasteiger partial charge in [0.2, 0.25) is 11.0 Å². The van der Waals surface area contributed by atoms with Gasteiger partial charge in [0.25, 0.3) is 0 Å². The molecule has 0 N–H and O–H groups in total. The molecule has 0 aliphatic carbocycles. The highest BCUT2D eigenvalue weighted by molar-refractivity contribution is 7.98. The fourth-order valence-electron chi connectivity index (χ4n) is 2.10. The van der Waals surface area contributed by atoms with Crippen LogP contribution in [0.4, 0.5) is 5.13 Å². The van der Waals surface area contributed by atoms with Crippen LogP contribution in [0.25, 0.3) is 10.6 Å². The van der Waals surface area contributed by atoms with Gasteiger partial charge in [-0.3, -0.25) is 14.7 Å². The van der Waals surface area contributed by atoms with Crippen molar-refractivity contribution in [1.29, 1.82) is 0 Å². The van der Waals surface area contributed by atoms with Gasteiger partial charge in [0.15, 0.2) is 5.01 Å². The van der Waals surface area contributed by atoms with Gasteiger partial charge in [0.1, 0.15) is 0 Å². The fourth-order valence-corrected chi connectivity index (χ4v) is 3.73. The predicted octanol–water partition coefficient (Wildman–Crippen LogP) is 3.26. The van der Waals surface area contributed by atoms with Crippen LogP contribution in [0, 0.1) is 12.3 Å². The molecule has 7 heteroatoms. The largest absolute Gasteiger partial charge is 0.289 e. The third-order valence-corrected chi connectivity index (χ3v) is 5.27. The number of pyridine rings is 1. The summed E-state index contributed by atoms with van der Waals surface area (Å²) >= 11 is 3.07. The number of aryl methyl sites for hydroxylation is 1. The van der Waals surface area contributed by atoms with Crippen molar-refractivity contribution in [2.24, 2.45) is 5.41 Å². The summed E-state index contributed by atoms with van der Waals surface area (Å²) in [5.74, 6) is 0.816. The molecule has 0 fully saturated rings. The monoisotopic (exact) mass is 336 g/mol. The Kier molecular flexibility index (Phi) is 5.18. The molecule has 5 nitrogen and oxygen atoms in total. The van der Waals surface area contributed by atoms with E-state index in [9.17, 15) is 4.79 Å². The summed E-state index contributed by atoms with van der Waals surface area (Å²) in [6.07, 6.45) is 5.56. The average Bonchev–Trinajstić information content (AvgIpc) is 2.95. The van der Waals surface area contributed by atoms with E-state index in [-0.39, 0.29) is 5.91 Å². The van der Waals surface area contributed by atoms with Crippen LogP contribution in [0.2, 0.25) is 0 Å². The third-order valence-electron chi connectivity index (χ3n) is 3.21. The van der Waals surface area contributed by atoms with Gasteiger partial charge in [0, 0.05) is 30.8 Å². The zero-order valence-electron chi connectivity index (χ0n) is 13.5. The molecule has 0 aromatic carbocycles. The van der Waals surface area contributed by atoms with Crippen molar-refractivity contribution in [3.8, 4) is 10.6 Å². The maximum Gasteiger partial charge on any atom is 0.235 e. The number of rotatable bonds is 5. The summed E-state index contributed by atoms with van der Waals surface area (Å²) in [5.41, 5.74) is 1.57. The molecule has 0 unspecified atom stereocenters. The smallest absolute Gasteiger partial charge is 0.235 e. The summed E-state index contributed by atoms with van der Waals surface area (Å²) in [7, 11) is 1.75. The highest BCUT2D eigenvalue weighted by Gasteiger charge is 2.32. The van der Waals surface area contributed by atoms with Crippen molar-refractivity contribution in [2.75, 3.05) is 24.0 Å². The number of nitrogens with zero attached hydrogens (tertiary/aromatic N) is 4. The van der Waals surface area contributed by atoms with Crippen molar-refractivity contribution in [2.45, 2.75) is 20.8 Å². The van der Waals surface area contributed by atoms with E-state index in [0.29, 0.717) is 5.13 Å². The van der Waals surface area contributed by atoms with Crippen molar-refractivity contribution >= 4 is 34.1 Å². The van der Waals surface area contributed by atoms with Crippen LogP contribution in [-0.4, -0.2) is 40.1 Å². The van der Waals surface area contributed by atoms with E-state index in [1.807, 2.05) is 33.1 Å². The van der Waals surface area contributed by atoms with E-state index in [1.54, 1.807) is 36.1 Å². The van der Waals surface area contributed by atoms with E-state index in [2.05, 4.69) is 15.2 Å². The van der Waals surface area contributed by atoms with Crippen LogP contribution in [0.5, 0.6) is 0 Å². The second-order valence-electron chi connectivity index (χ2n) is 5.82. The second kappa shape index (κ2) is 6.75. The molecular formula is C15H20N4OS2. The first-order chi connectivity index (χ1) is 10.3. The van der Waals surface area contributed by atoms with Gasteiger partial charge in [-0.25, -0.2) is 0 Å². The quantitative estimate of drug-likeness (QED) is 0.839. The predicted molar refractivity (Wildman–Crippen MR) is 93.5 cm³/mol. The van der Waals surface area contributed by atoms with Crippen LogP contribution in [-0.2, 0) is 4.79 Å². The minimum Gasteiger partial charge on any atom is -0.289 e. The zero-order valence-corrected chi connectivity index (χ0v) is 15.1. The Morgan fingerprint density at radius 1 is 1.36 bits per heavy atom. The van der Waals surface area contributed by atoms with Crippen LogP contribution >= 0.6 is 23.1 Å². The van der Waals surface area contributed by atoms with E-state index < -0.39 is 5.41 Å². The summed E-state index contributed by atoms with van der Waals surface area (Å²) in [6.45, 7) is 5.89. The molecule has 2 aromatic rings. The molecule has 2 rings (SSSR count). The van der Waals surface area contributed by atoms with E-state index in [0.717, 1.165) is 21.9 Å². The average molecular weight is 336 g/mol. The van der Waals surface area contributed by atoms with Crippen LogP contribution in [0.3, 0.4) is 0 Å². The Bertz CT molecular complexity index is 669. The topological polar surface area (TPSA) is 59.0 Å². The number of aromatic nitrogens is 3. The van der Waals surface area contributed by atoms with Crippen molar-refractivity contribution in [1.82, 2.24) is 15.2 Å². The lowest BCUT2D eigenvalue weighted by Gasteiger charge is -2.26. The minimum absolute atomic E-state index is 0.0481. The minimum atomic E-state index is -0.426. The highest BCUT2D eigenvalue weighted by Crippen LogP contribution is 2.31. The molecular weight excluding hydrogens is 316 g/mol. The van der Waals surface area contributed by atoms with Gasteiger partial charge in [0.05, 0.1) is 5.41 Å².